The molecule has 0 unspecified atom stereocenters. The van der Waals surface area contributed by atoms with Crippen molar-refractivity contribution in [1.82, 2.24) is 4.31 Å². The maximum Gasteiger partial charge on any atom is 0.350 e. The average Bonchev–Trinajstić information content (AvgIpc) is 3.28. The van der Waals surface area contributed by atoms with Crippen molar-refractivity contribution in [3.8, 4) is 0 Å². The number of hydrogen-bond acceptors (Lipinski definition) is 8. The molecule has 1 fully saturated rings. The van der Waals surface area contributed by atoms with E-state index in [-0.39, 0.29) is 40.1 Å². The molecule has 11 heteroatoms. The molecule has 0 bridgehead atoms. The summed E-state index contributed by atoms with van der Waals surface area (Å²) < 4.78 is 41.8. The van der Waals surface area contributed by atoms with Crippen molar-refractivity contribution in [2.45, 2.75) is 12.0 Å². The number of carbonyl (C=O) groups is 2. The van der Waals surface area contributed by atoms with Crippen LogP contribution in [0.1, 0.15) is 25.8 Å². The number of esters is 1. The lowest BCUT2D eigenvalue weighted by Gasteiger charge is -2.24. The third kappa shape index (κ3) is 3.90. The summed E-state index contributed by atoms with van der Waals surface area (Å²) in [6, 6.07) is 2.76. The monoisotopic (exact) mass is 414 g/mol. The molecular weight excluding hydrogens is 396 g/mol. The summed E-state index contributed by atoms with van der Waals surface area (Å²) in [7, 11) is -2.60. The first-order chi connectivity index (χ1) is 12.8. The minimum absolute atomic E-state index is 0.0730. The number of nitrogens with one attached hydrogen (secondary N) is 1. The zero-order chi connectivity index (χ0) is 19.6. The Hall–Kier alpha value is -2.21. The fraction of sp³-hybridized carbons (Fsp3) is 0.375. The lowest BCUT2D eigenvalue weighted by Crippen LogP contribution is -2.40. The van der Waals surface area contributed by atoms with Gasteiger partial charge in [-0.05, 0) is 18.4 Å². The number of morpholine rings is 1. The number of rotatable bonds is 5. The minimum Gasteiger partial charge on any atom is -0.465 e. The summed E-state index contributed by atoms with van der Waals surface area (Å²) in [5, 5.41) is 3.93. The number of amides is 1. The standard InChI is InChI=1S/C16H18N2O7S2/c1-10-11(15(19)17-12-3-8-26-14(12)16(20)23-2)9-13(25-10)27(21,22)18-4-6-24-7-5-18/h3,8-9H,4-7H2,1-2H3,(H,17,19). The molecule has 1 N–H and O–H groups in total. The molecular formula is C16H18N2O7S2. The third-order valence-electron chi connectivity index (χ3n) is 3.99. The minimum atomic E-state index is -3.85. The van der Waals surface area contributed by atoms with Crippen LogP contribution in [0.3, 0.4) is 0 Å². The van der Waals surface area contributed by atoms with Gasteiger partial charge in [0.2, 0.25) is 5.09 Å². The molecule has 0 aliphatic carbocycles. The Bertz CT molecular complexity index is 955. The van der Waals surface area contributed by atoms with Gasteiger partial charge in [-0.25, -0.2) is 13.2 Å². The number of carbonyl (C=O) groups excluding carboxylic acids is 2. The first kappa shape index (κ1) is 19.5. The van der Waals surface area contributed by atoms with E-state index in [0.29, 0.717) is 13.2 Å². The van der Waals surface area contributed by atoms with E-state index >= 15 is 0 Å². The second-order valence-corrected chi connectivity index (χ2v) is 8.45. The second kappa shape index (κ2) is 7.80. The van der Waals surface area contributed by atoms with E-state index in [0.717, 1.165) is 11.3 Å². The van der Waals surface area contributed by atoms with Crippen LogP contribution in [-0.4, -0.2) is 58.0 Å². The van der Waals surface area contributed by atoms with E-state index in [1.54, 1.807) is 11.4 Å². The van der Waals surface area contributed by atoms with Gasteiger partial charge in [0, 0.05) is 19.2 Å². The smallest absolute Gasteiger partial charge is 0.350 e. The third-order valence-corrected chi connectivity index (χ3v) is 6.64. The van der Waals surface area contributed by atoms with Gasteiger partial charge >= 0.3 is 5.97 Å². The number of anilines is 1. The Morgan fingerprint density at radius 1 is 1.30 bits per heavy atom. The highest BCUT2D eigenvalue weighted by Crippen LogP contribution is 2.27. The van der Waals surface area contributed by atoms with Gasteiger partial charge in [-0.2, -0.15) is 4.31 Å². The Morgan fingerprint density at radius 3 is 2.67 bits per heavy atom. The van der Waals surface area contributed by atoms with Crippen molar-refractivity contribution >= 4 is 38.9 Å². The predicted octanol–water partition coefficient (Wildman–Crippen LogP) is 1.71. The van der Waals surface area contributed by atoms with Crippen LogP contribution in [0.5, 0.6) is 0 Å². The van der Waals surface area contributed by atoms with E-state index in [1.807, 2.05) is 0 Å². The summed E-state index contributed by atoms with van der Waals surface area (Å²) in [5.74, 6) is -0.989. The Morgan fingerprint density at radius 2 is 2.00 bits per heavy atom. The molecule has 0 atom stereocenters. The molecule has 0 radical (unpaired) electrons. The van der Waals surface area contributed by atoms with Gasteiger partial charge in [-0.1, -0.05) is 0 Å². The molecule has 1 aliphatic rings. The van der Waals surface area contributed by atoms with Crippen molar-refractivity contribution in [2.75, 3.05) is 38.7 Å². The van der Waals surface area contributed by atoms with Gasteiger partial charge < -0.3 is 19.2 Å². The first-order valence-corrected chi connectivity index (χ1v) is 10.3. The summed E-state index contributed by atoms with van der Waals surface area (Å²) >= 11 is 1.12. The maximum atomic E-state index is 12.7. The fourth-order valence-corrected chi connectivity index (χ4v) is 4.72. The van der Waals surface area contributed by atoms with Crippen LogP contribution in [0.25, 0.3) is 0 Å². The Labute approximate surface area is 159 Å². The highest BCUT2D eigenvalue weighted by atomic mass is 32.2. The SMILES string of the molecule is COC(=O)c1sccc1NC(=O)c1cc(S(=O)(=O)N2CCOCC2)oc1C. The highest BCUT2D eigenvalue weighted by molar-refractivity contribution is 7.89. The van der Waals surface area contributed by atoms with Gasteiger partial charge in [-0.3, -0.25) is 4.79 Å². The molecule has 1 amide bonds. The van der Waals surface area contributed by atoms with Gasteiger partial charge in [0.25, 0.3) is 15.9 Å². The van der Waals surface area contributed by atoms with Crippen LogP contribution >= 0.6 is 11.3 Å². The second-order valence-electron chi connectivity index (χ2n) is 5.66. The van der Waals surface area contributed by atoms with Gasteiger partial charge in [-0.15, -0.1) is 11.3 Å². The van der Waals surface area contributed by atoms with Crippen LogP contribution in [0.15, 0.2) is 27.0 Å². The van der Waals surface area contributed by atoms with Crippen molar-refractivity contribution in [1.29, 1.82) is 0 Å². The van der Waals surface area contributed by atoms with Crippen molar-refractivity contribution < 1.29 is 31.9 Å². The number of thiophene rings is 1. The number of ether oxygens (including phenoxy) is 2. The quantitative estimate of drug-likeness (QED) is 0.741. The van der Waals surface area contributed by atoms with E-state index in [1.165, 1.54) is 24.4 Å². The van der Waals surface area contributed by atoms with Crippen LogP contribution in [0, 0.1) is 6.92 Å². The number of hydrogen-bond donors (Lipinski definition) is 1. The molecule has 3 heterocycles. The number of nitrogens with zero attached hydrogens (tertiary/aromatic N) is 1. The Balaban J connectivity index is 1.83. The summed E-state index contributed by atoms with van der Waals surface area (Å²) in [4.78, 5) is 24.5. The van der Waals surface area contributed by atoms with Crippen molar-refractivity contribution in [2.24, 2.45) is 0 Å². The highest BCUT2D eigenvalue weighted by Gasteiger charge is 2.31. The van der Waals surface area contributed by atoms with Gasteiger partial charge in [0.1, 0.15) is 10.6 Å². The topological polar surface area (TPSA) is 115 Å². The number of furan rings is 1. The zero-order valence-electron chi connectivity index (χ0n) is 14.7. The summed E-state index contributed by atoms with van der Waals surface area (Å²) in [6.07, 6.45) is 0. The molecule has 146 valence electrons. The summed E-state index contributed by atoms with van der Waals surface area (Å²) in [5.41, 5.74) is 0.360. The number of methoxy groups -OCH3 is 1. The number of aryl methyl sites for hydroxylation is 1. The number of sulfonamides is 1. The lowest BCUT2D eigenvalue weighted by molar-refractivity contribution is 0.0607. The van der Waals surface area contributed by atoms with E-state index in [4.69, 9.17) is 9.15 Å². The summed E-state index contributed by atoms with van der Waals surface area (Å²) in [6.45, 7) is 2.56. The van der Waals surface area contributed by atoms with Crippen LogP contribution < -0.4 is 5.32 Å². The molecule has 9 nitrogen and oxygen atoms in total. The van der Waals surface area contributed by atoms with Crippen LogP contribution in [0.2, 0.25) is 0 Å². The van der Waals surface area contributed by atoms with Crippen LogP contribution in [0.4, 0.5) is 5.69 Å². The fourth-order valence-electron chi connectivity index (χ4n) is 2.57. The Kier molecular flexibility index (Phi) is 5.65. The first-order valence-electron chi connectivity index (χ1n) is 8.00. The molecule has 0 spiro atoms. The molecule has 27 heavy (non-hydrogen) atoms. The van der Waals surface area contributed by atoms with E-state index in [9.17, 15) is 18.0 Å². The molecule has 0 aromatic carbocycles. The van der Waals surface area contributed by atoms with Gasteiger partial charge in [0.15, 0.2) is 0 Å². The van der Waals surface area contributed by atoms with Crippen LogP contribution in [-0.2, 0) is 19.5 Å². The molecule has 2 aromatic rings. The lowest BCUT2D eigenvalue weighted by atomic mass is 10.2. The molecule has 1 saturated heterocycles. The maximum absolute atomic E-state index is 12.7. The average molecular weight is 414 g/mol. The normalized spacial score (nSPS) is 15.5. The molecule has 2 aromatic heterocycles. The molecule has 3 rings (SSSR count). The van der Waals surface area contributed by atoms with E-state index in [2.05, 4.69) is 10.1 Å². The molecule has 0 saturated carbocycles. The zero-order valence-corrected chi connectivity index (χ0v) is 16.3. The molecule has 1 aliphatic heterocycles. The predicted molar refractivity (Wildman–Crippen MR) is 96.6 cm³/mol. The van der Waals surface area contributed by atoms with Gasteiger partial charge in [0.05, 0.1) is 31.6 Å². The largest absolute Gasteiger partial charge is 0.465 e. The van der Waals surface area contributed by atoms with Crippen molar-refractivity contribution in [3.63, 3.8) is 0 Å². The van der Waals surface area contributed by atoms with Crippen molar-refractivity contribution in [3.05, 3.63) is 33.7 Å². The van der Waals surface area contributed by atoms with E-state index < -0.39 is 21.9 Å².